The summed E-state index contributed by atoms with van der Waals surface area (Å²) < 4.78 is 5.41. The molecule has 1 aliphatic heterocycles. The quantitative estimate of drug-likeness (QED) is 0.826. The van der Waals surface area contributed by atoms with Crippen LogP contribution in [0, 0.1) is 5.92 Å². The van der Waals surface area contributed by atoms with Gasteiger partial charge in [0.1, 0.15) is 5.76 Å². The van der Waals surface area contributed by atoms with Gasteiger partial charge < -0.3 is 14.8 Å². The summed E-state index contributed by atoms with van der Waals surface area (Å²) >= 11 is 0. The Hall–Kier alpha value is -1.82. The van der Waals surface area contributed by atoms with Crippen LogP contribution in [0.25, 0.3) is 0 Å². The lowest BCUT2D eigenvalue weighted by Gasteiger charge is -2.39. The van der Waals surface area contributed by atoms with E-state index in [0.717, 1.165) is 63.8 Å². The van der Waals surface area contributed by atoms with E-state index in [1.807, 2.05) is 12.1 Å². The SMILES string of the molecule is O=C(O)CC1(NC(=O)C2CCCN(Cc3ccco3)C2)CCCCC1. The lowest BCUT2D eigenvalue weighted by molar-refractivity contribution is -0.140. The molecule has 6 nitrogen and oxygen atoms in total. The first-order valence-electron chi connectivity index (χ1n) is 9.35. The van der Waals surface area contributed by atoms with Crippen LogP contribution in [-0.2, 0) is 16.1 Å². The van der Waals surface area contributed by atoms with Crippen LogP contribution >= 0.6 is 0 Å². The fraction of sp³-hybridized carbons (Fsp3) is 0.684. The molecule has 1 aromatic rings. The number of carbonyl (C=O) groups excluding carboxylic acids is 1. The Bertz CT molecular complexity index is 578. The van der Waals surface area contributed by atoms with Crippen LogP contribution in [-0.4, -0.2) is 40.5 Å². The molecule has 138 valence electrons. The molecular formula is C19H28N2O4. The molecule has 0 aromatic carbocycles. The van der Waals surface area contributed by atoms with Crippen molar-refractivity contribution in [3.8, 4) is 0 Å². The monoisotopic (exact) mass is 348 g/mol. The van der Waals surface area contributed by atoms with Gasteiger partial charge in [0.15, 0.2) is 0 Å². The number of likely N-dealkylation sites (tertiary alicyclic amines) is 1. The molecule has 1 unspecified atom stereocenters. The van der Waals surface area contributed by atoms with Crippen molar-refractivity contribution in [1.29, 1.82) is 0 Å². The highest BCUT2D eigenvalue weighted by Crippen LogP contribution is 2.32. The summed E-state index contributed by atoms with van der Waals surface area (Å²) in [6.07, 6.45) is 8.18. The molecule has 6 heteroatoms. The topological polar surface area (TPSA) is 82.8 Å². The molecule has 0 radical (unpaired) electrons. The maximum absolute atomic E-state index is 12.8. The van der Waals surface area contributed by atoms with Crippen molar-refractivity contribution in [2.75, 3.05) is 13.1 Å². The van der Waals surface area contributed by atoms with Crippen molar-refractivity contribution in [2.45, 2.75) is 63.5 Å². The molecule has 3 rings (SSSR count). The van der Waals surface area contributed by atoms with Gasteiger partial charge in [-0.25, -0.2) is 0 Å². The Balaban J connectivity index is 1.59. The fourth-order valence-corrected chi connectivity index (χ4v) is 4.26. The second-order valence-corrected chi connectivity index (χ2v) is 7.55. The lowest BCUT2D eigenvalue weighted by atomic mass is 9.78. The smallest absolute Gasteiger partial charge is 0.305 e. The van der Waals surface area contributed by atoms with E-state index in [1.165, 1.54) is 0 Å². The second kappa shape index (κ2) is 8.04. The van der Waals surface area contributed by atoms with Crippen LogP contribution < -0.4 is 5.32 Å². The van der Waals surface area contributed by atoms with Crippen molar-refractivity contribution in [1.82, 2.24) is 10.2 Å². The number of carboxylic acid groups (broad SMARTS) is 1. The number of carbonyl (C=O) groups is 2. The summed E-state index contributed by atoms with van der Waals surface area (Å²) in [5.41, 5.74) is -0.551. The lowest BCUT2D eigenvalue weighted by Crippen LogP contribution is -2.54. The van der Waals surface area contributed by atoms with Gasteiger partial charge >= 0.3 is 5.97 Å². The molecule has 25 heavy (non-hydrogen) atoms. The Morgan fingerprint density at radius 2 is 2.08 bits per heavy atom. The zero-order valence-electron chi connectivity index (χ0n) is 14.7. The van der Waals surface area contributed by atoms with Crippen molar-refractivity contribution in [3.05, 3.63) is 24.2 Å². The molecule has 1 aromatic heterocycles. The highest BCUT2D eigenvalue weighted by atomic mass is 16.4. The van der Waals surface area contributed by atoms with Crippen molar-refractivity contribution >= 4 is 11.9 Å². The summed E-state index contributed by atoms with van der Waals surface area (Å²) in [4.78, 5) is 26.4. The summed E-state index contributed by atoms with van der Waals surface area (Å²) in [5, 5.41) is 12.4. The number of furan rings is 1. The molecule has 1 atom stereocenters. The van der Waals surface area contributed by atoms with Crippen LogP contribution in [0.4, 0.5) is 0 Å². The molecule has 1 saturated carbocycles. The van der Waals surface area contributed by atoms with Gasteiger partial charge in [0.2, 0.25) is 5.91 Å². The highest BCUT2D eigenvalue weighted by molar-refractivity contribution is 5.81. The van der Waals surface area contributed by atoms with E-state index in [0.29, 0.717) is 6.54 Å². The number of hydrogen-bond donors (Lipinski definition) is 2. The predicted octanol–water partition coefficient (Wildman–Crippen LogP) is 2.79. The van der Waals surface area contributed by atoms with Gasteiger partial charge in [0, 0.05) is 6.54 Å². The zero-order valence-corrected chi connectivity index (χ0v) is 14.7. The number of nitrogens with one attached hydrogen (secondary N) is 1. The van der Waals surface area contributed by atoms with Crippen LogP contribution in [0.5, 0.6) is 0 Å². The molecule has 1 amide bonds. The molecule has 2 fully saturated rings. The number of rotatable bonds is 6. The Morgan fingerprint density at radius 3 is 2.76 bits per heavy atom. The summed E-state index contributed by atoms with van der Waals surface area (Å²) in [6, 6.07) is 3.83. The van der Waals surface area contributed by atoms with Gasteiger partial charge in [-0.1, -0.05) is 19.3 Å². The number of nitrogens with zero attached hydrogens (tertiary/aromatic N) is 1. The largest absolute Gasteiger partial charge is 0.481 e. The first kappa shape index (κ1) is 18.0. The molecular weight excluding hydrogens is 320 g/mol. The highest BCUT2D eigenvalue weighted by Gasteiger charge is 2.38. The van der Waals surface area contributed by atoms with E-state index < -0.39 is 11.5 Å². The first-order chi connectivity index (χ1) is 12.1. The standard InChI is InChI=1S/C19H28N2O4/c22-17(23)12-19(8-2-1-3-9-19)20-18(24)15-6-4-10-21(13-15)14-16-7-5-11-25-16/h5,7,11,15H,1-4,6,8-10,12-14H2,(H,20,24)(H,22,23). The second-order valence-electron chi connectivity index (χ2n) is 7.55. The molecule has 2 aliphatic rings. The van der Waals surface area contributed by atoms with Crippen molar-refractivity contribution in [3.63, 3.8) is 0 Å². The van der Waals surface area contributed by atoms with Crippen molar-refractivity contribution < 1.29 is 19.1 Å². The number of aliphatic carboxylic acids is 1. The van der Waals surface area contributed by atoms with Gasteiger partial charge in [-0.15, -0.1) is 0 Å². The summed E-state index contributed by atoms with van der Waals surface area (Å²) in [7, 11) is 0. The van der Waals surface area contributed by atoms with E-state index in [4.69, 9.17) is 4.42 Å². The number of piperidine rings is 1. The van der Waals surface area contributed by atoms with E-state index >= 15 is 0 Å². The van der Waals surface area contributed by atoms with Crippen LogP contribution in [0.15, 0.2) is 22.8 Å². The molecule has 2 heterocycles. The first-order valence-corrected chi connectivity index (χ1v) is 9.35. The molecule has 1 aliphatic carbocycles. The third-order valence-corrected chi connectivity index (χ3v) is 5.52. The summed E-state index contributed by atoms with van der Waals surface area (Å²) in [5.74, 6) is 0.0320. The maximum atomic E-state index is 12.8. The normalized spacial score (nSPS) is 23.9. The number of carboxylic acids is 1. The van der Waals surface area contributed by atoms with Gasteiger partial charge in [0.05, 0.1) is 30.7 Å². The predicted molar refractivity (Wildman–Crippen MR) is 92.9 cm³/mol. The minimum Gasteiger partial charge on any atom is -0.481 e. The van der Waals surface area contributed by atoms with Crippen LogP contribution in [0.1, 0.15) is 57.1 Å². The van der Waals surface area contributed by atoms with Gasteiger partial charge in [-0.2, -0.15) is 0 Å². The maximum Gasteiger partial charge on any atom is 0.305 e. The Kier molecular flexibility index (Phi) is 5.78. The minimum absolute atomic E-state index is 0.0206. The molecule has 2 N–H and O–H groups in total. The number of amides is 1. The Labute approximate surface area is 148 Å². The fourth-order valence-electron chi connectivity index (χ4n) is 4.26. The third-order valence-electron chi connectivity index (χ3n) is 5.52. The van der Waals surface area contributed by atoms with Gasteiger partial charge in [0.25, 0.3) is 0 Å². The van der Waals surface area contributed by atoms with Crippen LogP contribution in [0.2, 0.25) is 0 Å². The average Bonchev–Trinajstić information content (AvgIpc) is 3.08. The summed E-state index contributed by atoms with van der Waals surface area (Å²) in [6.45, 7) is 2.39. The molecule has 1 saturated heterocycles. The zero-order chi connectivity index (χ0) is 17.7. The van der Waals surface area contributed by atoms with E-state index in [1.54, 1.807) is 6.26 Å². The van der Waals surface area contributed by atoms with E-state index in [2.05, 4.69) is 10.2 Å². The third kappa shape index (κ3) is 4.84. The van der Waals surface area contributed by atoms with Gasteiger partial charge in [-0.05, 0) is 44.4 Å². The Morgan fingerprint density at radius 1 is 1.28 bits per heavy atom. The molecule has 0 spiro atoms. The van der Waals surface area contributed by atoms with Crippen LogP contribution in [0.3, 0.4) is 0 Å². The molecule has 0 bridgehead atoms. The van der Waals surface area contributed by atoms with Gasteiger partial charge in [-0.3, -0.25) is 14.5 Å². The number of hydrogen-bond acceptors (Lipinski definition) is 4. The minimum atomic E-state index is -0.828. The van der Waals surface area contributed by atoms with Crippen molar-refractivity contribution in [2.24, 2.45) is 5.92 Å². The van der Waals surface area contributed by atoms with E-state index in [9.17, 15) is 14.7 Å². The van der Waals surface area contributed by atoms with E-state index in [-0.39, 0.29) is 18.2 Å². The average molecular weight is 348 g/mol.